The van der Waals surface area contributed by atoms with Crippen LogP contribution in [0.15, 0.2) is 9.51 Å². The third kappa shape index (κ3) is 1.53. The number of nitrogens with one attached hydrogen (secondary N) is 2. The minimum atomic E-state index is -1.16. The van der Waals surface area contributed by atoms with Crippen LogP contribution in [0.2, 0.25) is 0 Å². The van der Waals surface area contributed by atoms with Gasteiger partial charge in [0.15, 0.2) is 5.09 Å². The summed E-state index contributed by atoms with van der Waals surface area (Å²) in [6, 6.07) is -0.474. The quantitative estimate of drug-likeness (QED) is 0.680. The zero-order chi connectivity index (χ0) is 11.9. The number of thioether (sulfide) groups is 1. The van der Waals surface area contributed by atoms with Crippen LogP contribution < -0.4 is 10.6 Å². The Labute approximate surface area is 95.4 Å². The van der Waals surface area contributed by atoms with Gasteiger partial charge in [-0.05, 0) is 13.2 Å². The van der Waals surface area contributed by atoms with E-state index < -0.39 is 12.0 Å². The maximum Gasteiger partial charge on any atom is 0.374 e. The van der Waals surface area contributed by atoms with Crippen molar-refractivity contribution in [1.82, 2.24) is 0 Å². The molecule has 1 aromatic heterocycles. The number of hydrogen-bond donors (Lipinski definition) is 3. The maximum absolute atomic E-state index is 11.4. The third-order valence-corrected chi connectivity index (χ3v) is 2.92. The van der Waals surface area contributed by atoms with Crippen molar-refractivity contribution in [2.45, 2.75) is 18.1 Å². The Morgan fingerprint density at radius 3 is 2.75 bits per heavy atom. The molecule has 1 aliphatic rings. The highest BCUT2D eigenvalue weighted by Crippen LogP contribution is 2.41. The van der Waals surface area contributed by atoms with Crippen LogP contribution in [0.1, 0.15) is 17.5 Å². The fourth-order valence-corrected chi connectivity index (χ4v) is 1.99. The van der Waals surface area contributed by atoms with Crippen molar-refractivity contribution < 1.29 is 19.1 Å². The highest BCUT2D eigenvalue weighted by atomic mass is 32.2. The highest BCUT2D eigenvalue weighted by Gasteiger charge is 2.32. The molecule has 0 bridgehead atoms. The molecule has 1 amide bonds. The largest absolute Gasteiger partial charge is 0.475 e. The molecule has 0 saturated heterocycles. The summed E-state index contributed by atoms with van der Waals surface area (Å²) in [6.45, 7) is 1.65. The molecule has 0 radical (unpaired) electrons. The lowest BCUT2D eigenvalue weighted by Gasteiger charge is -2.21. The first-order valence-corrected chi connectivity index (χ1v) is 5.78. The van der Waals surface area contributed by atoms with E-state index in [0.717, 1.165) is 0 Å². The Morgan fingerprint density at radius 1 is 1.50 bits per heavy atom. The molecule has 1 atom stereocenters. The lowest BCUT2D eigenvalue weighted by atomic mass is 10.2. The van der Waals surface area contributed by atoms with E-state index in [1.165, 1.54) is 11.8 Å². The molecule has 3 N–H and O–H groups in total. The van der Waals surface area contributed by atoms with Crippen LogP contribution in [-0.4, -0.2) is 29.3 Å². The molecule has 16 heavy (non-hydrogen) atoms. The first kappa shape index (κ1) is 10.9. The van der Waals surface area contributed by atoms with Crippen LogP contribution in [0.4, 0.5) is 11.4 Å². The number of carboxylic acids is 1. The molecule has 2 heterocycles. The van der Waals surface area contributed by atoms with Gasteiger partial charge in [-0.2, -0.15) is 0 Å². The Balaban J connectivity index is 2.55. The van der Waals surface area contributed by atoms with Crippen molar-refractivity contribution in [1.29, 1.82) is 0 Å². The molecule has 0 spiro atoms. The van der Waals surface area contributed by atoms with E-state index >= 15 is 0 Å². The molecule has 86 valence electrons. The molecule has 1 aromatic rings. The summed E-state index contributed by atoms with van der Waals surface area (Å²) >= 11 is 1.24. The van der Waals surface area contributed by atoms with Gasteiger partial charge in [0.05, 0.1) is 0 Å². The van der Waals surface area contributed by atoms with Crippen LogP contribution >= 0.6 is 11.8 Å². The summed E-state index contributed by atoms with van der Waals surface area (Å²) in [7, 11) is 0. The molecule has 6 nitrogen and oxygen atoms in total. The van der Waals surface area contributed by atoms with Gasteiger partial charge in [0, 0.05) is 0 Å². The zero-order valence-electron chi connectivity index (χ0n) is 8.66. The summed E-state index contributed by atoms with van der Waals surface area (Å²) in [5.74, 6) is -1.54. The molecule has 2 rings (SSSR count). The van der Waals surface area contributed by atoms with E-state index in [0.29, 0.717) is 16.5 Å². The molecule has 0 aliphatic carbocycles. The van der Waals surface area contributed by atoms with E-state index in [1.54, 1.807) is 13.2 Å². The summed E-state index contributed by atoms with van der Waals surface area (Å²) in [4.78, 5) is 22.4. The third-order valence-electron chi connectivity index (χ3n) is 2.26. The maximum atomic E-state index is 11.4. The van der Waals surface area contributed by atoms with Crippen LogP contribution in [0.5, 0.6) is 0 Å². The van der Waals surface area contributed by atoms with Crippen LogP contribution in [-0.2, 0) is 4.79 Å². The van der Waals surface area contributed by atoms with Gasteiger partial charge in [-0.25, -0.2) is 4.79 Å². The highest BCUT2D eigenvalue weighted by molar-refractivity contribution is 7.98. The van der Waals surface area contributed by atoms with Gasteiger partial charge in [0.1, 0.15) is 17.4 Å². The van der Waals surface area contributed by atoms with Gasteiger partial charge >= 0.3 is 5.97 Å². The van der Waals surface area contributed by atoms with E-state index in [2.05, 4.69) is 10.6 Å². The van der Waals surface area contributed by atoms with Crippen LogP contribution in [0, 0.1) is 0 Å². The average molecular weight is 242 g/mol. The van der Waals surface area contributed by atoms with Gasteiger partial charge in [-0.1, -0.05) is 11.8 Å². The lowest BCUT2D eigenvalue weighted by Crippen LogP contribution is -2.36. The van der Waals surface area contributed by atoms with Crippen molar-refractivity contribution in [2.24, 2.45) is 0 Å². The fourth-order valence-electron chi connectivity index (χ4n) is 1.47. The van der Waals surface area contributed by atoms with Crippen molar-refractivity contribution in [2.75, 3.05) is 16.9 Å². The molecule has 1 aliphatic heterocycles. The van der Waals surface area contributed by atoms with Crippen molar-refractivity contribution in [3.05, 3.63) is 5.76 Å². The number of aromatic carboxylic acids is 1. The smallest absolute Gasteiger partial charge is 0.374 e. The predicted octanol–water partition coefficient (Wildman–Crippen LogP) is 1.45. The Kier molecular flexibility index (Phi) is 2.55. The monoisotopic (exact) mass is 242 g/mol. The minimum absolute atomic E-state index is 0.175. The Hall–Kier alpha value is -1.63. The second-order valence-electron chi connectivity index (χ2n) is 3.33. The summed E-state index contributed by atoms with van der Waals surface area (Å²) < 4.78 is 5.16. The second kappa shape index (κ2) is 3.75. The lowest BCUT2D eigenvalue weighted by molar-refractivity contribution is -0.116. The molecule has 0 aromatic carbocycles. The first-order valence-electron chi connectivity index (χ1n) is 4.56. The number of anilines is 2. The summed E-state index contributed by atoms with van der Waals surface area (Å²) in [5.41, 5.74) is 0.747. The molecular formula is C9H10N2O4S. The number of amides is 1. The van der Waals surface area contributed by atoms with E-state index in [4.69, 9.17) is 9.52 Å². The number of carbonyl (C=O) groups excluding carboxylic acids is 1. The number of carboxylic acid groups (broad SMARTS) is 1. The van der Waals surface area contributed by atoms with Crippen LogP contribution in [0.3, 0.4) is 0 Å². The molecular weight excluding hydrogens is 232 g/mol. The van der Waals surface area contributed by atoms with E-state index in [1.807, 2.05) is 0 Å². The van der Waals surface area contributed by atoms with Crippen LogP contribution in [0.25, 0.3) is 0 Å². The normalized spacial score (nSPS) is 18.6. The summed E-state index contributed by atoms with van der Waals surface area (Å²) in [6.07, 6.45) is 1.74. The average Bonchev–Trinajstić information content (AvgIpc) is 2.57. The summed E-state index contributed by atoms with van der Waals surface area (Å²) in [5, 5.41) is 14.8. The SMILES string of the molecule is CSc1oc(C(=O)O)c2c1NC(=O)[C@H](C)N2. The first-order chi connectivity index (χ1) is 7.54. The zero-order valence-corrected chi connectivity index (χ0v) is 9.47. The molecule has 0 saturated carbocycles. The number of fused-ring (bicyclic) bond motifs is 1. The predicted molar refractivity (Wildman–Crippen MR) is 59.2 cm³/mol. The molecule has 7 heteroatoms. The van der Waals surface area contributed by atoms with E-state index in [9.17, 15) is 9.59 Å². The number of carbonyl (C=O) groups is 2. The van der Waals surface area contributed by atoms with Gasteiger partial charge in [0.2, 0.25) is 11.7 Å². The van der Waals surface area contributed by atoms with Crippen molar-refractivity contribution in [3.8, 4) is 0 Å². The van der Waals surface area contributed by atoms with Gasteiger partial charge in [-0.3, -0.25) is 4.79 Å². The molecule has 0 unspecified atom stereocenters. The van der Waals surface area contributed by atoms with Gasteiger partial charge in [-0.15, -0.1) is 0 Å². The van der Waals surface area contributed by atoms with Crippen molar-refractivity contribution in [3.63, 3.8) is 0 Å². The topological polar surface area (TPSA) is 91.6 Å². The standard InChI is InChI=1S/C9H10N2O4S/c1-3-7(12)11-5-4(10-3)6(8(13)14)15-9(5)16-2/h3,10H,1-2H3,(H,11,12)(H,13,14)/t3-/m0/s1. The number of hydrogen-bond acceptors (Lipinski definition) is 5. The second-order valence-corrected chi connectivity index (χ2v) is 4.11. The number of furan rings is 1. The fraction of sp³-hybridized carbons (Fsp3) is 0.333. The van der Waals surface area contributed by atoms with Gasteiger partial charge in [0.25, 0.3) is 0 Å². The van der Waals surface area contributed by atoms with Crippen molar-refractivity contribution >= 4 is 35.0 Å². The van der Waals surface area contributed by atoms with Gasteiger partial charge < -0.3 is 20.2 Å². The Morgan fingerprint density at radius 2 is 2.19 bits per heavy atom. The molecule has 0 fully saturated rings. The minimum Gasteiger partial charge on any atom is -0.475 e. The number of rotatable bonds is 2. The Bertz CT molecular complexity index is 468. The van der Waals surface area contributed by atoms with E-state index in [-0.39, 0.29) is 11.7 Å².